The van der Waals surface area contributed by atoms with Crippen molar-refractivity contribution in [2.45, 2.75) is 13.1 Å². The number of alkyl halides is 3. The first-order valence-corrected chi connectivity index (χ1v) is 9.03. The van der Waals surface area contributed by atoms with Crippen LogP contribution < -0.4 is 15.8 Å². The number of hydrogen-bond donors (Lipinski definition) is 2. The van der Waals surface area contributed by atoms with E-state index in [0.717, 1.165) is 18.2 Å². The Labute approximate surface area is 141 Å². The van der Waals surface area contributed by atoms with Crippen LogP contribution in [-0.4, -0.2) is 11.1 Å². The maximum Gasteiger partial charge on any atom is 0.416 e. The van der Waals surface area contributed by atoms with Crippen LogP contribution in [0.5, 0.6) is 11.5 Å². The summed E-state index contributed by atoms with van der Waals surface area (Å²) in [6.45, 7) is 1.54. The van der Waals surface area contributed by atoms with Gasteiger partial charge in [-0.1, -0.05) is 18.5 Å². The van der Waals surface area contributed by atoms with Gasteiger partial charge in [0.25, 0.3) is 0 Å². The fourth-order valence-electron chi connectivity index (χ4n) is 1.95. The van der Waals surface area contributed by atoms with E-state index in [0.29, 0.717) is 0 Å². The summed E-state index contributed by atoms with van der Waals surface area (Å²) in [5.74, 6) is 0.133. The number of nitrogen functional groups attached to an aromatic ring is 1. The van der Waals surface area contributed by atoms with Crippen LogP contribution in [0.4, 0.5) is 18.9 Å². The largest absolute Gasteiger partial charge is 0.456 e. The SMILES string of the molecule is CCP(=O)(O)c1cc(Oc2ccc(C(F)(F)F)cc2Cl)ccc1N. The molecule has 3 N–H and O–H groups in total. The van der Waals surface area contributed by atoms with E-state index in [4.69, 9.17) is 22.1 Å². The van der Waals surface area contributed by atoms with Crippen LogP contribution in [0.1, 0.15) is 12.5 Å². The molecule has 0 amide bonds. The van der Waals surface area contributed by atoms with Gasteiger partial charge in [-0.2, -0.15) is 13.2 Å². The van der Waals surface area contributed by atoms with Gasteiger partial charge < -0.3 is 15.4 Å². The third-order valence-corrected chi connectivity index (χ3v) is 5.59. The quantitative estimate of drug-likeness (QED) is 0.599. The van der Waals surface area contributed by atoms with E-state index in [1.165, 1.54) is 18.2 Å². The van der Waals surface area contributed by atoms with Gasteiger partial charge in [-0.05, 0) is 36.4 Å². The van der Waals surface area contributed by atoms with E-state index in [2.05, 4.69) is 0 Å². The highest BCUT2D eigenvalue weighted by atomic mass is 35.5. The molecule has 4 nitrogen and oxygen atoms in total. The second-order valence-corrected chi connectivity index (χ2v) is 7.91. The van der Waals surface area contributed by atoms with E-state index < -0.39 is 19.1 Å². The van der Waals surface area contributed by atoms with E-state index >= 15 is 0 Å². The molecule has 0 saturated carbocycles. The molecule has 0 saturated heterocycles. The molecule has 0 aliphatic rings. The highest BCUT2D eigenvalue weighted by molar-refractivity contribution is 7.66. The number of halogens is 4. The standard InChI is InChI=1S/C15H14ClF3NO3P/c1-2-24(21,22)14-8-10(4-5-12(14)20)23-13-6-3-9(7-11(13)16)15(17,18)19/h3-8H,2,20H2,1H3,(H,21,22). The third-order valence-electron chi connectivity index (χ3n) is 3.29. The molecule has 24 heavy (non-hydrogen) atoms. The smallest absolute Gasteiger partial charge is 0.416 e. The van der Waals surface area contributed by atoms with Crippen molar-refractivity contribution in [1.82, 2.24) is 0 Å². The molecule has 0 heterocycles. The van der Waals surface area contributed by atoms with Gasteiger partial charge in [-0.15, -0.1) is 0 Å². The fourth-order valence-corrected chi connectivity index (χ4v) is 3.31. The van der Waals surface area contributed by atoms with E-state index in [-0.39, 0.29) is 33.7 Å². The zero-order valence-corrected chi connectivity index (χ0v) is 14.1. The van der Waals surface area contributed by atoms with Crippen LogP contribution in [0.2, 0.25) is 5.02 Å². The van der Waals surface area contributed by atoms with E-state index in [1.807, 2.05) is 0 Å². The predicted octanol–water partition coefficient (Wildman–Crippen LogP) is 4.65. The molecule has 2 aromatic carbocycles. The Morgan fingerprint density at radius 2 is 1.92 bits per heavy atom. The van der Waals surface area contributed by atoms with E-state index in [1.54, 1.807) is 6.92 Å². The summed E-state index contributed by atoms with van der Waals surface area (Å²) in [5.41, 5.74) is 4.94. The molecule has 0 spiro atoms. The molecule has 0 aliphatic heterocycles. The molecular formula is C15H14ClF3NO3P. The van der Waals surface area contributed by atoms with Crippen molar-refractivity contribution in [3.8, 4) is 11.5 Å². The Kier molecular flexibility index (Phi) is 5.18. The first-order valence-electron chi connectivity index (χ1n) is 6.81. The van der Waals surface area contributed by atoms with Gasteiger partial charge in [0.05, 0.1) is 15.9 Å². The second kappa shape index (κ2) is 6.67. The molecule has 130 valence electrons. The first-order chi connectivity index (χ1) is 11.0. The van der Waals surface area contributed by atoms with Crippen molar-refractivity contribution in [3.63, 3.8) is 0 Å². The summed E-state index contributed by atoms with van der Waals surface area (Å²) < 4.78 is 55.4. The Bertz CT molecular complexity index is 811. The normalized spacial score (nSPS) is 14.2. The maximum absolute atomic E-state index is 12.6. The average molecular weight is 380 g/mol. The molecule has 1 atom stereocenters. The lowest BCUT2D eigenvalue weighted by molar-refractivity contribution is -0.137. The minimum absolute atomic E-state index is 0.00958. The minimum atomic E-state index is -4.51. The monoisotopic (exact) mass is 379 g/mol. The predicted molar refractivity (Wildman–Crippen MR) is 87.4 cm³/mol. The van der Waals surface area contributed by atoms with Gasteiger partial charge in [0, 0.05) is 11.8 Å². The highest BCUT2D eigenvalue weighted by Crippen LogP contribution is 2.42. The highest BCUT2D eigenvalue weighted by Gasteiger charge is 2.31. The number of rotatable bonds is 4. The van der Waals surface area contributed by atoms with Crippen molar-refractivity contribution in [2.24, 2.45) is 0 Å². The summed E-state index contributed by atoms with van der Waals surface area (Å²) in [7, 11) is -3.62. The van der Waals surface area contributed by atoms with Crippen LogP contribution in [0.3, 0.4) is 0 Å². The molecule has 0 radical (unpaired) electrons. The topological polar surface area (TPSA) is 72.5 Å². The Hall–Kier alpha value is -1.69. The van der Waals surface area contributed by atoms with Crippen LogP contribution in [0, 0.1) is 0 Å². The van der Waals surface area contributed by atoms with Crippen molar-refractivity contribution in [1.29, 1.82) is 0 Å². The van der Waals surface area contributed by atoms with Crippen molar-refractivity contribution >= 4 is 30.0 Å². The molecule has 0 bridgehead atoms. The Balaban J connectivity index is 2.36. The van der Waals surface area contributed by atoms with Gasteiger partial charge in [-0.3, -0.25) is 4.57 Å². The van der Waals surface area contributed by atoms with Gasteiger partial charge in [0.15, 0.2) is 0 Å². The summed E-state index contributed by atoms with van der Waals surface area (Å²) >= 11 is 5.82. The summed E-state index contributed by atoms with van der Waals surface area (Å²) in [6.07, 6.45) is -4.52. The molecule has 2 aromatic rings. The maximum atomic E-state index is 12.6. The fraction of sp³-hybridized carbons (Fsp3) is 0.200. The van der Waals surface area contributed by atoms with Crippen molar-refractivity contribution in [3.05, 3.63) is 47.0 Å². The van der Waals surface area contributed by atoms with Crippen LogP contribution in [0.15, 0.2) is 36.4 Å². The lowest BCUT2D eigenvalue weighted by Crippen LogP contribution is -2.12. The second-order valence-electron chi connectivity index (χ2n) is 4.98. The minimum Gasteiger partial charge on any atom is -0.456 e. The zero-order chi connectivity index (χ0) is 18.1. The number of anilines is 1. The van der Waals surface area contributed by atoms with Crippen LogP contribution in [0.25, 0.3) is 0 Å². The lowest BCUT2D eigenvalue weighted by atomic mass is 10.2. The summed E-state index contributed by atoms with van der Waals surface area (Å²) in [4.78, 5) is 9.92. The molecule has 1 unspecified atom stereocenters. The Morgan fingerprint density at radius 3 is 2.46 bits per heavy atom. The molecular weight excluding hydrogens is 366 g/mol. The third kappa shape index (κ3) is 4.04. The molecule has 2 rings (SSSR count). The van der Waals surface area contributed by atoms with Gasteiger partial charge >= 0.3 is 6.18 Å². The summed E-state index contributed by atoms with van der Waals surface area (Å²) in [6, 6.07) is 6.78. The van der Waals surface area contributed by atoms with Crippen molar-refractivity contribution < 1.29 is 27.4 Å². The zero-order valence-electron chi connectivity index (χ0n) is 12.5. The number of nitrogens with two attached hydrogens (primary N) is 1. The Morgan fingerprint density at radius 1 is 1.25 bits per heavy atom. The van der Waals surface area contributed by atoms with Crippen LogP contribution in [-0.2, 0) is 10.7 Å². The number of benzene rings is 2. The molecule has 0 fully saturated rings. The molecule has 0 aromatic heterocycles. The van der Waals surface area contributed by atoms with E-state index in [9.17, 15) is 22.6 Å². The molecule has 0 aliphatic carbocycles. The van der Waals surface area contributed by atoms with Gasteiger partial charge in [-0.25, -0.2) is 0 Å². The summed E-state index contributed by atoms with van der Waals surface area (Å²) in [5, 5.41) is -0.198. The van der Waals surface area contributed by atoms with Crippen molar-refractivity contribution in [2.75, 3.05) is 11.9 Å². The molecule has 9 heteroatoms. The number of ether oxygens (including phenoxy) is 1. The van der Waals surface area contributed by atoms with Crippen LogP contribution >= 0.6 is 19.0 Å². The van der Waals surface area contributed by atoms with Gasteiger partial charge in [0.1, 0.15) is 11.5 Å². The average Bonchev–Trinajstić information content (AvgIpc) is 2.50. The lowest BCUT2D eigenvalue weighted by Gasteiger charge is -2.15. The van der Waals surface area contributed by atoms with Gasteiger partial charge in [0.2, 0.25) is 7.37 Å². The number of hydrogen-bond acceptors (Lipinski definition) is 3. The first kappa shape index (κ1) is 18.6.